The number of para-hydroxylation sites is 1. The molecule has 0 saturated carbocycles. The zero-order valence-electron chi connectivity index (χ0n) is 12.5. The number of halogens is 3. The zero-order valence-corrected chi connectivity index (χ0v) is 12.5. The van der Waals surface area contributed by atoms with Gasteiger partial charge in [0, 0.05) is 24.7 Å². The molecule has 0 N–H and O–H groups in total. The van der Waals surface area contributed by atoms with Crippen LogP contribution in [0, 0.1) is 5.82 Å². The van der Waals surface area contributed by atoms with Crippen molar-refractivity contribution in [2.75, 3.05) is 13.2 Å². The first-order chi connectivity index (χ1) is 11.0. The van der Waals surface area contributed by atoms with E-state index in [0.717, 1.165) is 6.20 Å². The summed E-state index contributed by atoms with van der Waals surface area (Å²) in [6.45, 7) is -0.128. The molecule has 1 aliphatic heterocycles. The number of nitrogens with zero attached hydrogens (tertiary/aromatic N) is 2. The van der Waals surface area contributed by atoms with Gasteiger partial charge in [0.25, 0.3) is 5.92 Å². The van der Waals surface area contributed by atoms with Crippen molar-refractivity contribution in [3.63, 3.8) is 0 Å². The highest BCUT2D eigenvalue weighted by atomic mass is 19.3. The Labute approximate surface area is 132 Å². The fourth-order valence-electron chi connectivity index (χ4n) is 2.77. The van der Waals surface area contributed by atoms with E-state index in [1.807, 2.05) is 18.2 Å². The van der Waals surface area contributed by atoms with Gasteiger partial charge in [-0.1, -0.05) is 18.2 Å². The van der Waals surface area contributed by atoms with Crippen LogP contribution in [0.1, 0.15) is 12.0 Å². The largest absolute Gasteiger partial charge is 0.492 e. The maximum absolute atomic E-state index is 13.8. The summed E-state index contributed by atoms with van der Waals surface area (Å²) >= 11 is 0. The van der Waals surface area contributed by atoms with Crippen molar-refractivity contribution in [2.45, 2.75) is 24.9 Å². The van der Waals surface area contributed by atoms with Crippen molar-refractivity contribution in [1.29, 1.82) is 0 Å². The topological polar surface area (TPSA) is 25.4 Å². The smallest absolute Gasteiger partial charge is 0.262 e. The van der Waals surface area contributed by atoms with Gasteiger partial charge >= 0.3 is 0 Å². The highest BCUT2D eigenvalue weighted by molar-refractivity contribution is 5.21. The lowest BCUT2D eigenvalue weighted by Crippen LogP contribution is -2.34. The van der Waals surface area contributed by atoms with E-state index in [4.69, 9.17) is 4.74 Å². The van der Waals surface area contributed by atoms with E-state index in [2.05, 4.69) is 4.98 Å². The van der Waals surface area contributed by atoms with Crippen LogP contribution in [0.4, 0.5) is 13.2 Å². The maximum Gasteiger partial charge on any atom is 0.262 e. The number of alkyl halides is 2. The van der Waals surface area contributed by atoms with E-state index in [1.54, 1.807) is 17.0 Å². The van der Waals surface area contributed by atoms with Crippen LogP contribution in [0.15, 0.2) is 48.8 Å². The minimum absolute atomic E-state index is 0.118. The predicted molar refractivity (Wildman–Crippen MR) is 79.9 cm³/mol. The molecule has 2 aromatic rings. The van der Waals surface area contributed by atoms with Crippen LogP contribution in [0.2, 0.25) is 0 Å². The summed E-state index contributed by atoms with van der Waals surface area (Å²) in [7, 11) is 0. The molecule has 0 aliphatic carbocycles. The van der Waals surface area contributed by atoms with E-state index < -0.39 is 24.3 Å². The van der Waals surface area contributed by atoms with Crippen LogP contribution in [0.3, 0.4) is 0 Å². The summed E-state index contributed by atoms with van der Waals surface area (Å²) in [6, 6.07) is 10.1. The molecule has 122 valence electrons. The highest BCUT2D eigenvalue weighted by Crippen LogP contribution is 2.33. The number of hydrogen-bond donors (Lipinski definition) is 0. The molecule has 0 spiro atoms. The lowest BCUT2D eigenvalue weighted by molar-refractivity contribution is 0.0111. The minimum Gasteiger partial charge on any atom is -0.492 e. The maximum atomic E-state index is 13.8. The Kier molecular flexibility index (Phi) is 4.52. The fourth-order valence-corrected chi connectivity index (χ4v) is 2.77. The lowest BCUT2D eigenvalue weighted by Gasteiger charge is -2.23. The Bertz CT molecular complexity index is 651. The van der Waals surface area contributed by atoms with Crippen molar-refractivity contribution in [3.05, 3.63) is 60.2 Å². The predicted octanol–water partition coefficient (Wildman–Crippen LogP) is 3.51. The summed E-state index contributed by atoms with van der Waals surface area (Å²) < 4.78 is 46.8. The van der Waals surface area contributed by atoms with E-state index >= 15 is 0 Å². The molecule has 0 unspecified atom stereocenters. The highest BCUT2D eigenvalue weighted by Gasteiger charge is 2.45. The number of aromatic nitrogens is 1. The molecule has 1 fully saturated rings. The van der Waals surface area contributed by atoms with Crippen LogP contribution < -0.4 is 4.74 Å². The van der Waals surface area contributed by atoms with Gasteiger partial charge in [-0.05, 0) is 18.2 Å². The summed E-state index contributed by atoms with van der Waals surface area (Å²) in [5, 5.41) is 0. The Morgan fingerprint density at radius 1 is 1.22 bits per heavy atom. The normalized spacial score (nSPS) is 20.6. The van der Waals surface area contributed by atoms with Crippen LogP contribution in [0.25, 0.3) is 0 Å². The summed E-state index contributed by atoms with van der Waals surface area (Å²) in [5.74, 6) is -2.63. The second kappa shape index (κ2) is 6.58. The molecule has 1 aromatic carbocycles. The van der Waals surface area contributed by atoms with Crippen LogP contribution >= 0.6 is 0 Å². The van der Waals surface area contributed by atoms with Gasteiger partial charge < -0.3 is 4.74 Å². The summed E-state index contributed by atoms with van der Waals surface area (Å²) in [6.07, 6.45) is 2.27. The molecule has 0 bridgehead atoms. The molecule has 0 radical (unpaired) electrons. The Balaban J connectivity index is 1.68. The van der Waals surface area contributed by atoms with Crippen molar-refractivity contribution in [3.8, 4) is 5.75 Å². The fraction of sp³-hybridized carbons (Fsp3) is 0.353. The molecule has 6 heteroatoms. The van der Waals surface area contributed by atoms with E-state index in [0.29, 0.717) is 11.3 Å². The number of benzene rings is 1. The number of rotatable bonds is 5. The molecular weight excluding hydrogens is 305 g/mol. The minimum atomic E-state index is -2.78. The first-order valence-corrected chi connectivity index (χ1v) is 7.42. The molecule has 0 amide bonds. The Morgan fingerprint density at radius 3 is 2.74 bits per heavy atom. The average molecular weight is 322 g/mol. The van der Waals surface area contributed by atoms with Gasteiger partial charge in [-0.2, -0.15) is 0 Å². The molecule has 23 heavy (non-hydrogen) atoms. The van der Waals surface area contributed by atoms with Crippen molar-refractivity contribution < 1.29 is 17.9 Å². The third-order valence-electron chi connectivity index (χ3n) is 3.90. The first-order valence-electron chi connectivity index (χ1n) is 7.42. The van der Waals surface area contributed by atoms with Crippen LogP contribution in [-0.2, 0) is 6.54 Å². The third kappa shape index (κ3) is 4.01. The second-order valence-corrected chi connectivity index (χ2v) is 5.71. The number of likely N-dealkylation sites (tertiary alicyclic amines) is 1. The van der Waals surface area contributed by atoms with Crippen molar-refractivity contribution in [1.82, 2.24) is 9.88 Å². The molecule has 1 aromatic heterocycles. The molecule has 1 atom stereocenters. The molecule has 1 aliphatic rings. The number of ether oxygens (including phenoxy) is 1. The van der Waals surface area contributed by atoms with Gasteiger partial charge in [0.2, 0.25) is 0 Å². The first kappa shape index (κ1) is 15.8. The van der Waals surface area contributed by atoms with Gasteiger partial charge in [0.05, 0.1) is 18.8 Å². The third-order valence-corrected chi connectivity index (χ3v) is 3.90. The quantitative estimate of drug-likeness (QED) is 0.842. The Hall–Kier alpha value is -2.08. The van der Waals surface area contributed by atoms with Gasteiger partial charge in [-0.15, -0.1) is 0 Å². The van der Waals surface area contributed by atoms with Gasteiger partial charge in [0.1, 0.15) is 18.2 Å². The molecule has 1 saturated heterocycles. The summed E-state index contributed by atoms with van der Waals surface area (Å²) in [4.78, 5) is 5.25. The van der Waals surface area contributed by atoms with E-state index in [1.165, 1.54) is 12.3 Å². The summed E-state index contributed by atoms with van der Waals surface area (Å²) in [5.41, 5.74) is 0.363. The standard InChI is InChI=1S/C17H17F3N2O/c18-16-9-21-7-6-13(16)10-22-12-17(19,20)8-14(22)11-23-15-4-2-1-3-5-15/h1-7,9,14H,8,10-12H2/t14-/m0/s1. The van der Waals surface area contributed by atoms with Crippen LogP contribution in [-0.4, -0.2) is 35.0 Å². The van der Waals surface area contributed by atoms with Gasteiger partial charge in [-0.3, -0.25) is 9.88 Å². The average Bonchev–Trinajstić information content (AvgIpc) is 2.82. The van der Waals surface area contributed by atoms with Crippen molar-refractivity contribution >= 4 is 0 Å². The number of hydrogen-bond acceptors (Lipinski definition) is 3. The molecular formula is C17H17F3N2O. The van der Waals surface area contributed by atoms with E-state index in [9.17, 15) is 13.2 Å². The van der Waals surface area contributed by atoms with Crippen LogP contribution in [0.5, 0.6) is 5.75 Å². The monoisotopic (exact) mass is 322 g/mol. The second-order valence-electron chi connectivity index (χ2n) is 5.71. The van der Waals surface area contributed by atoms with Gasteiger partial charge in [0.15, 0.2) is 0 Å². The molecule has 2 heterocycles. The van der Waals surface area contributed by atoms with Gasteiger partial charge in [-0.25, -0.2) is 13.2 Å². The lowest BCUT2D eigenvalue weighted by atomic mass is 10.2. The molecule has 3 nitrogen and oxygen atoms in total. The van der Waals surface area contributed by atoms with E-state index in [-0.39, 0.29) is 19.6 Å². The van der Waals surface area contributed by atoms with Crippen molar-refractivity contribution in [2.24, 2.45) is 0 Å². The SMILES string of the molecule is Fc1cnccc1CN1CC(F)(F)C[C@H]1COc1ccccc1. The Morgan fingerprint density at radius 2 is 2.00 bits per heavy atom. The molecule has 3 rings (SSSR count). The zero-order chi connectivity index (χ0) is 16.3. The number of pyridine rings is 1.